The number of hydrogen-bond donors (Lipinski definition) is 2. The number of carbonyl (C=O) groups is 3. The zero-order valence-electron chi connectivity index (χ0n) is 23.1. The lowest BCUT2D eigenvalue weighted by Gasteiger charge is -2.30. The van der Waals surface area contributed by atoms with Gasteiger partial charge in [-0.05, 0) is 34.7 Å². The zero-order chi connectivity index (χ0) is 28.9. The standard InChI is InChI=1S/C32H34N2O7/c1-20(40-18-21-10-4-3-5-11-21)29(30(35)34-17-22(39-2)16-28(34)31(36)37)33-32(38)41-19-27-25-14-8-6-12-23(25)24-13-7-9-15-26(24)27/h3-15,20,22,27-29H,16-19H2,1-2H3,(H,33,38)(H,36,37). The molecule has 0 bridgehead atoms. The summed E-state index contributed by atoms with van der Waals surface area (Å²) in [6, 6.07) is 23.2. The first-order valence-corrected chi connectivity index (χ1v) is 13.7. The third-order valence-corrected chi connectivity index (χ3v) is 7.87. The molecule has 4 unspecified atom stereocenters. The van der Waals surface area contributed by atoms with Crippen LogP contribution in [0, 0.1) is 0 Å². The number of methoxy groups -OCH3 is 1. The van der Waals surface area contributed by atoms with E-state index in [0.717, 1.165) is 27.8 Å². The fourth-order valence-electron chi connectivity index (χ4n) is 5.67. The highest BCUT2D eigenvalue weighted by Gasteiger charge is 2.44. The number of nitrogens with zero attached hydrogens (tertiary/aromatic N) is 1. The third kappa shape index (κ3) is 6.11. The number of likely N-dealkylation sites (tertiary alicyclic amines) is 1. The number of carboxylic acid groups (broad SMARTS) is 1. The predicted octanol–water partition coefficient (Wildman–Crippen LogP) is 4.20. The van der Waals surface area contributed by atoms with Gasteiger partial charge >= 0.3 is 12.1 Å². The van der Waals surface area contributed by atoms with Crippen molar-refractivity contribution in [3.63, 3.8) is 0 Å². The Balaban J connectivity index is 1.31. The second-order valence-electron chi connectivity index (χ2n) is 10.4. The summed E-state index contributed by atoms with van der Waals surface area (Å²) in [4.78, 5) is 40.1. The summed E-state index contributed by atoms with van der Waals surface area (Å²) in [6.45, 7) is 2.06. The highest BCUT2D eigenvalue weighted by molar-refractivity contribution is 5.90. The Kier molecular flexibility index (Phi) is 8.66. The molecule has 2 amide bonds. The van der Waals surface area contributed by atoms with Crippen molar-refractivity contribution < 1.29 is 33.7 Å². The van der Waals surface area contributed by atoms with Crippen LogP contribution in [0.1, 0.15) is 36.0 Å². The highest BCUT2D eigenvalue weighted by Crippen LogP contribution is 2.44. The van der Waals surface area contributed by atoms with Crippen molar-refractivity contribution >= 4 is 18.0 Å². The fourth-order valence-corrected chi connectivity index (χ4v) is 5.67. The molecule has 1 aliphatic carbocycles. The molecule has 3 aromatic carbocycles. The largest absolute Gasteiger partial charge is 0.480 e. The van der Waals surface area contributed by atoms with Gasteiger partial charge in [-0.25, -0.2) is 9.59 Å². The van der Waals surface area contributed by atoms with E-state index in [1.165, 1.54) is 12.0 Å². The van der Waals surface area contributed by atoms with Gasteiger partial charge in [-0.15, -0.1) is 0 Å². The number of fused-ring (bicyclic) bond motifs is 3. The van der Waals surface area contributed by atoms with Gasteiger partial charge < -0.3 is 29.5 Å². The van der Waals surface area contributed by atoms with Crippen molar-refractivity contribution in [3.8, 4) is 11.1 Å². The Labute approximate surface area is 239 Å². The SMILES string of the molecule is COC1CC(C(=O)O)N(C(=O)C(NC(=O)OCC2c3ccccc3-c3ccccc32)C(C)OCc2ccccc2)C1. The summed E-state index contributed by atoms with van der Waals surface area (Å²) in [5.74, 6) is -1.84. The summed E-state index contributed by atoms with van der Waals surface area (Å²) < 4.78 is 17.0. The normalized spacial score (nSPS) is 19.2. The molecule has 0 spiro atoms. The molecule has 1 saturated heterocycles. The maximum Gasteiger partial charge on any atom is 0.407 e. The molecule has 0 radical (unpaired) electrons. The van der Waals surface area contributed by atoms with E-state index in [1.54, 1.807) is 6.92 Å². The van der Waals surface area contributed by atoms with Crippen LogP contribution < -0.4 is 5.32 Å². The number of hydrogen-bond acceptors (Lipinski definition) is 6. The molecule has 3 aromatic rings. The third-order valence-electron chi connectivity index (χ3n) is 7.87. The number of alkyl carbamates (subject to hydrolysis) is 1. The van der Waals surface area contributed by atoms with Crippen molar-refractivity contribution in [1.82, 2.24) is 10.2 Å². The quantitative estimate of drug-likeness (QED) is 0.383. The van der Waals surface area contributed by atoms with Crippen molar-refractivity contribution in [2.24, 2.45) is 0 Å². The number of ether oxygens (including phenoxy) is 3. The summed E-state index contributed by atoms with van der Waals surface area (Å²) in [7, 11) is 1.48. The van der Waals surface area contributed by atoms with Gasteiger partial charge in [-0.3, -0.25) is 4.79 Å². The van der Waals surface area contributed by atoms with Gasteiger partial charge in [0.25, 0.3) is 0 Å². The van der Waals surface area contributed by atoms with Gasteiger partial charge in [0.1, 0.15) is 18.7 Å². The second-order valence-corrected chi connectivity index (χ2v) is 10.4. The number of amides is 2. The van der Waals surface area contributed by atoms with E-state index in [1.807, 2.05) is 66.7 Å². The first kappa shape index (κ1) is 28.3. The molecule has 4 atom stereocenters. The van der Waals surface area contributed by atoms with Gasteiger partial charge in [0.2, 0.25) is 5.91 Å². The number of benzene rings is 3. The minimum Gasteiger partial charge on any atom is -0.480 e. The van der Waals surface area contributed by atoms with Crippen LogP contribution in [0.5, 0.6) is 0 Å². The molecule has 1 aliphatic heterocycles. The van der Waals surface area contributed by atoms with E-state index in [2.05, 4.69) is 17.4 Å². The van der Waals surface area contributed by atoms with Crippen LogP contribution in [-0.4, -0.2) is 72.5 Å². The van der Waals surface area contributed by atoms with Crippen molar-refractivity contribution in [2.45, 2.75) is 50.2 Å². The van der Waals surface area contributed by atoms with Gasteiger partial charge in [0.15, 0.2) is 0 Å². The second kappa shape index (κ2) is 12.5. The average Bonchev–Trinajstić information content (AvgIpc) is 3.58. The minimum atomic E-state index is -1.17. The maximum absolute atomic E-state index is 13.8. The van der Waals surface area contributed by atoms with Crippen LogP contribution in [0.4, 0.5) is 4.79 Å². The van der Waals surface area contributed by atoms with Crippen molar-refractivity contribution in [1.29, 1.82) is 0 Å². The highest BCUT2D eigenvalue weighted by atomic mass is 16.5. The van der Waals surface area contributed by atoms with Crippen LogP contribution in [0.25, 0.3) is 11.1 Å². The Morgan fingerprint density at radius 3 is 2.17 bits per heavy atom. The van der Waals surface area contributed by atoms with E-state index in [-0.39, 0.29) is 32.1 Å². The molecule has 41 heavy (non-hydrogen) atoms. The van der Waals surface area contributed by atoms with Crippen molar-refractivity contribution in [3.05, 3.63) is 95.6 Å². The molecule has 0 saturated carbocycles. The average molecular weight is 559 g/mol. The molecule has 1 heterocycles. The number of rotatable bonds is 10. The lowest BCUT2D eigenvalue weighted by atomic mass is 9.98. The molecular formula is C32H34N2O7. The molecule has 9 heteroatoms. The Morgan fingerprint density at radius 1 is 0.951 bits per heavy atom. The lowest BCUT2D eigenvalue weighted by molar-refractivity contribution is -0.150. The number of aliphatic carboxylic acids is 1. The van der Waals surface area contributed by atoms with Crippen LogP contribution in [0.15, 0.2) is 78.9 Å². The molecule has 1 fully saturated rings. The van der Waals surface area contributed by atoms with E-state index >= 15 is 0 Å². The monoisotopic (exact) mass is 558 g/mol. The summed E-state index contributed by atoms with van der Waals surface area (Å²) in [6.07, 6.45) is -1.82. The number of carboxylic acids is 1. The predicted molar refractivity (Wildman–Crippen MR) is 151 cm³/mol. The Hall–Kier alpha value is -4.21. The van der Waals surface area contributed by atoms with Crippen LogP contribution in [0.3, 0.4) is 0 Å². The molecule has 214 valence electrons. The molecule has 2 N–H and O–H groups in total. The summed E-state index contributed by atoms with van der Waals surface area (Å²) in [5, 5.41) is 12.5. The molecule has 2 aliphatic rings. The first-order chi connectivity index (χ1) is 19.9. The maximum atomic E-state index is 13.8. The van der Waals surface area contributed by atoms with Gasteiger partial charge in [-0.1, -0.05) is 78.9 Å². The summed E-state index contributed by atoms with van der Waals surface area (Å²) in [5.41, 5.74) is 5.25. The van der Waals surface area contributed by atoms with E-state index in [9.17, 15) is 19.5 Å². The van der Waals surface area contributed by atoms with Crippen molar-refractivity contribution in [2.75, 3.05) is 20.3 Å². The number of carbonyl (C=O) groups excluding carboxylic acids is 2. The van der Waals surface area contributed by atoms with Crippen LogP contribution in [-0.2, 0) is 30.4 Å². The van der Waals surface area contributed by atoms with Gasteiger partial charge in [0, 0.05) is 26.0 Å². The van der Waals surface area contributed by atoms with Crippen LogP contribution >= 0.6 is 0 Å². The first-order valence-electron chi connectivity index (χ1n) is 13.7. The Morgan fingerprint density at radius 2 is 1.56 bits per heavy atom. The van der Waals surface area contributed by atoms with Crippen LogP contribution in [0.2, 0.25) is 0 Å². The van der Waals surface area contributed by atoms with E-state index < -0.39 is 42.3 Å². The zero-order valence-corrected chi connectivity index (χ0v) is 23.1. The smallest absolute Gasteiger partial charge is 0.407 e. The lowest BCUT2D eigenvalue weighted by Crippen LogP contribution is -2.56. The Bertz CT molecular complexity index is 1350. The fraction of sp³-hybridized carbons (Fsp3) is 0.344. The van der Waals surface area contributed by atoms with E-state index in [0.29, 0.717) is 0 Å². The molecular weight excluding hydrogens is 524 g/mol. The van der Waals surface area contributed by atoms with Gasteiger partial charge in [0.05, 0.1) is 18.8 Å². The topological polar surface area (TPSA) is 114 Å². The number of nitrogens with one attached hydrogen (secondary N) is 1. The minimum absolute atomic E-state index is 0.0766. The molecule has 0 aromatic heterocycles. The van der Waals surface area contributed by atoms with Gasteiger partial charge in [-0.2, -0.15) is 0 Å². The van der Waals surface area contributed by atoms with E-state index in [4.69, 9.17) is 14.2 Å². The molecule has 5 rings (SSSR count). The molecule has 9 nitrogen and oxygen atoms in total. The summed E-state index contributed by atoms with van der Waals surface area (Å²) >= 11 is 0.